The Kier molecular flexibility index (Phi) is 17.8. The molecule has 120 valence electrons. The summed E-state index contributed by atoms with van der Waals surface area (Å²) in [4.78, 5) is 0. The van der Waals surface area contributed by atoms with Gasteiger partial charge in [-0.05, 0) is 41.5 Å². The third-order valence-electron chi connectivity index (χ3n) is 3.86. The highest BCUT2D eigenvalue weighted by molar-refractivity contribution is 14.1. The summed E-state index contributed by atoms with van der Waals surface area (Å²) < 4.78 is 12.4. The minimum atomic E-state index is -0.0581. The second-order valence-corrected chi connectivity index (χ2v) is 6.91. The van der Waals surface area contributed by atoms with E-state index < -0.39 is 0 Å². The van der Waals surface area contributed by atoms with Gasteiger partial charge in [0.2, 0.25) is 0 Å². The number of rotatable bonds is 15. The molecule has 0 unspecified atom stereocenters. The van der Waals surface area contributed by atoms with E-state index in [1.807, 2.05) is 0 Å². The van der Waals surface area contributed by atoms with Crippen LogP contribution in [0.15, 0.2) is 9.91 Å². The van der Waals surface area contributed by atoms with E-state index in [0.717, 1.165) is 12.8 Å². The van der Waals surface area contributed by atoms with Crippen molar-refractivity contribution < 1.29 is 4.39 Å². The molecule has 0 nitrogen and oxygen atoms in total. The van der Waals surface area contributed by atoms with Crippen LogP contribution >= 0.6 is 22.6 Å². The van der Waals surface area contributed by atoms with Crippen LogP contribution in [0.4, 0.5) is 4.39 Å². The molecule has 0 bridgehead atoms. The van der Waals surface area contributed by atoms with Crippen molar-refractivity contribution in [2.75, 3.05) is 0 Å². The van der Waals surface area contributed by atoms with Crippen LogP contribution in [0.2, 0.25) is 0 Å². The fourth-order valence-corrected chi connectivity index (χ4v) is 2.86. The Morgan fingerprint density at radius 2 is 1.05 bits per heavy atom. The van der Waals surface area contributed by atoms with Crippen LogP contribution in [0, 0.1) is 0 Å². The third-order valence-corrected chi connectivity index (χ3v) is 4.30. The monoisotopic (exact) mass is 396 g/mol. The summed E-state index contributed by atoms with van der Waals surface area (Å²) in [7, 11) is 0. The van der Waals surface area contributed by atoms with Crippen LogP contribution in [0.5, 0.6) is 0 Å². The maximum atomic E-state index is 12.4. The zero-order chi connectivity index (χ0) is 14.9. The Bertz CT molecular complexity index is 209. The van der Waals surface area contributed by atoms with Gasteiger partial charge in [0.15, 0.2) is 3.83 Å². The molecule has 0 N–H and O–H groups in total. The van der Waals surface area contributed by atoms with E-state index in [1.54, 1.807) is 28.7 Å². The van der Waals surface area contributed by atoms with Crippen LogP contribution < -0.4 is 0 Å². The molecule has 0 aromatic carbocycles. The van der Waals surface area contributed by atoms with Crippen LogP contribution in [0.1, 0.15) is 103 Å². The number of hydrogen-bond donors (Lipinski definition) is 0. The zero-order valence-electron chi connectivity index (χ0n) is 13.4. The molecular formula is C18H34FI. The van der Waals surface area contributed by atoms with E-state index in [1.165, 1.54) is 83.5 Å². The first-order valence-electron chi connectivity index (χ1n) is 8.78. The lowest BCUT2D eigenvalue weighted by Gasteiger charge is -2.02. The van der Waals surface area contributed by atoms with Gasteiger partial charge in [-0.2, -0.15) is 0 Å². The highest BCUT2D eigenvalue weighted by Gasteiger charge is 1.94. The van der Waals surface area contributed by atoms with Crippen LogP contribution in [-0.4, -0.2) is 0 Å². The fourth-order valence-electron chi connectivity index (χ4n) is 2.55. The van der Waals surface area contributed by atoms with E-state index in [9.17, 15) is 4.39 Å². The molecule has 0 saturated heterocycles. The first kappa shape index (κ1) is 20.4. The van der Waals surface area contributed by atoms with Gasteiger partial charge in [0.25, 0.3) is 0 Å². The minimum Gasteiger partial charge on any atom is -0.200 e. The molecule has 0 saturated carbocycles. The van der Waals surface area contributed by atoms with Crippen molar-refractivity contribution in [2.24, 2.45) is 0 Å². The van der Waals surface area contributed by atoms with Crippen molar-refractivity contribution in [1.29, 1.82) is 0 Å². The first-order valence-corrected chi connectivity index (χ1v) is 9.86. The fraction of sp³-hybridized carbons (Fsp3) is 0.889. The maximum absolute atomic E-state index is 12.4. The summed E-state index contributed by atoms with van der Waals surface area (Å²) in [5.74, 6) is 0. The molecule has 0 atom stereocenters. The maximum Gasteiger partial charge on any atom is 0.156 e. The smallest absolute Gasteiger partial charge is 0.156 e. The van der Waals surface area contributed by atoms with Crippen molar-refractivity contribution in [3.8, 4) is 0 Å². The molecule has 20 heavy (non-hydrogen) atoms. The van der Waals surface area contributed by atoms with Gasteiger partial charge in [-0.3, -0.25) is 0 Å². The summed E-state index contributed by atoms with van der Waals surface area (Å²) in [5.41, 5.74) is 0. The molecule has 0 aliphatic rings. The predicted octanol–water partition coefficient (Wildman–Crippen LogP) is 8.10. The van der Waals surface area contributed by atoms with E-state index in [4.69, 9.17) is 0 Å². The highest BCUT2D eigenvalue weighted by Crippen LogP contribution is 2.14. The normalized spacial score (nSPS) is 12.1. The lowest BCUT2D eigenvalue weighted by molar-refractivity contribution is 0.536. The second-order valence-electron chi connectivity index (χ2n) is 5.88. The zero-order valence-corrected chi connectivity index (χ0v) is 15.6. The van der Waals surface area contributed by atoms with Gasteiger partial charge in [-0.15, -0.1) is 0 Å². The van der Waals surface area contributed by atoms with Crippen molar-refractivity contribution in [1.82, 2.24) is 0 Å². The standard InChI is InChI=1S/C18H34FI/c1-2-3-4-5-6-7-8-9-10-11-12-13-14-15-16-17-18(19)20/h17H,2-16H2,1H3. The molecule has 0 heterocycles. The van der Waals surface area contributed by atoms with Gasteiger partial charge in [-0.25, -0.2) is 4.39 Å². The predicted molar refractivity (Wildman–Crippen MR) is 98.1 cm³/mol. The molecule has 0 aliphatic heterocycles. The molecule has 0 rings (SSSR count). The molecule has 0 radical (unpaired) electrons. The Morgan fingerprint density at radius 3 is 1.40 bits per heavy atom. The van der Waals surface area contributed by atoms with E-state index in [2.05, 4.69) is 6.92 Å². The topological polar surface area (TPSA) is 0 Å². The lowest BCUT2D eigenvalue weighted by Crippen LogP contribution is -1.83. The van der Waals surface area contributed by atoms with Crippen LogP contribution in [-0.2, 0) is 0 Å². The number of allylic oxidation sites excluding steroid dienone is 1. The quantitative estimate of drug-likeness (QED) is 0.194. The molecule has 0 aliphatic carbocycles. The van der Waals surface area contributed by atoms with E-state index >= 15 is 0 Å². The Morgan fingerprint density at radius 1 is 0.700 bits per heavy atom. The Labute approximate surface area is 140 Å². The van der Waals surface area contributed by atoms with E-state index in [0.29, 0.717) is 0 Å². The van der Waals surface area contributed by atoms with Gasteiger partial charge in [0.1, 0.15) is 0 Å². The van der Waals surface area contributed by atoms with Gasteiger partial charge in [0, 0.05) is 0 Å². The summed E-state index contributed by atoms with van der Waals surface area (Å²) in [5, 5.41) is 0. The highest BCUT2D eigenvalue weighted by atomic mass is 127. The summed E-state index contributed by atoms with van der Waals surface area (Å²) in [6, 6.07) is 0. The second kappa shape index (κ2) is 17.5. The molecule has 2 heteroatoms. The Balaban J connectivity index is 2.97. The molecule has 0 aromatic rings. The number of hydrogen-bond acceptors (Lipinski definition) is 0. The average Bonchev–Trinajstić information content (AvgIpc) is 2.43. The Hall–Kier alpha value is 0.400. The molecule has 0 fully saturated rings. The van der Waals surface area contributed by atoms with Gasteiger partial charge in [-0.1, -0.05) is 90.4 Å². The molecule has 0 aromatic heterocycles. The van der Waals surface area contributed by atoms with Crippen molar-refractivity contribution in [2.45, 2.75) is 103 Å². The van der Waals surface area contributed by atoms with E-state index in [-0.39, 0.29) is 3.83 Å². The first-order chi connectivity index (χ1) is 9.77. The van der Waals surface area contributed by atoms with Crippen LogP contribution in [0.3, 0.4) is 0 Å². The summed E-state index contributed by atoms with van der Waals surface area (Å²) in [6.07, 6.45) is 21.9. The van der Waals surface area contributed by atoms with Crippen LogP contribution in [0.25, 0.3) is 0 Å². The van der Waals surface area contributed by atoms with Crippen molar-refractivity contribution >= 4 is 22.6 Å². The van der Waals surface area contributed by atoms with Gasteiger partial charge < -0.3 is 0 Å². The number of unbranched alkanes of at least 4 members (excludes halogenated alkanes) is 14. The summed E-state index contributed by atoms with van der Waals surface area (Å²) >= 11 is 1.74. The molecule has 0 spiro atoms. The van der Waals surface area contributed by atoms with Crippen molar-refractivity contribution in [3.05, 3.63) is 9.91 Å². The summed E-state index contributed by atoms with van der Waals surface area (Å²) in [6.45, 7) is 2.28. The number of halogens is 2. The minimum absolute atomic E-state index is 0.0581. The van der Waals surface area contributed by atoms with Gasteiger partial charge in [0.05, 0.1) is 0 Å². The van der Waals surface area contributed by atoms with Crippen molar-refractivity contribution in [3.63, 3.8) is 0 Å². The van der Waals surface area contributed by atoms with Gasteiger partial charge >= 0.3 is 0 Å². The SMILES string of the molecule is CCCCCCCCCCCCCCCCC=C(F)I. The lowest BCUT2D eigenvalue weighted by atomic mass is 10.0. The average molecular weight is 396 g/mol. The third kappa shape index (κ3) is 18.4. The molecular weight excluding hydrogens is 362 g/mol. The molecule has 0 amide bonds. The largest absolute Gasteiger partial charge is 0.200 e.